The van der Waals surface area contributed by atoms with Gasteiger partial charge in [-0.2, -0.15) is 4.98 Å². The van der Waals surface area contributed by atoms with Crippen LogP contribution in [0.4, 0.5) is 5.82 Å². The summed E-state index contributed by atoms with van der Waals surface area (Å²) >= 11 is 0. The molecule has 0 radical (unpaired) electrons. The van der Waals surface area contributed by atoms with E-state index < -0.39 is 0 Å². The van der Waals surface area contributed by atoms with E-state index >= 15 is 0 Å². The monoisotopic (exact) mass is 239 g/mol. The number of nitrogens with zero attached hydrogens (tertiary/aromatic N) is 2. The van der Waals surface area contributed by atoms with E-state index in [-0.39, 0.29) is 0 Å². The Labute approximate surface area is 103 Å². The van der Waals surface area contributed by atoms with E-state index in [1.165, 1.54) is 0 Å². The van der Waals surface area contributed by atoms with Crippen molar-refractivity contribution in [2.75, 3.05) is 32.2 Å². The van der Waals surface area contributed by atoms with Gasteiger partial charge in [0.2, 0.25) is 5.88 Å². The smallest absolute Gasteiger partial charge is 0.218 e. The first-order valence-corrected chi connectivity index (χ1v) is 6.03. The third-order valence-corrected chi connectivity index (χ3v) is 2.13. The van der Waals surface area contributed by atoms with E-state index in [1.54, 1.807) is 7.11 Å². The Hall–Kier alpha value is -1.36. The van der Waals surface area contributed by atoms with E-state index in [9.17, 15) is 0 Å². The van der Waals surface area contributed by atoms with Gasteiger partial charge in [-0.15, -0.1) is 0 Å². The maximum atomic E-state index is 5.42. The Morgan fingerprint density at radius 2 is 2.12 bits per heavy atom. The van der Waals surface area contributed by atoms with E-state index in [1.807, 2.05) is 13.0 Å². The van der Waals surface area contributed by atoms with Crippen LogP contribution < -0.4 is 10.1 Å². The largest absolute Gasteiger partial charge is 0.478 e. The molecule has 0 aromatic carbocycles. The zero-order chi connectivity index (χ0) is 12.5. The summed E-state index contributed by atoms with van der Waals surface area (Å²) in [6.07, 6.45) is 1.88. The molecule has 0 atom stereocenters. The maximum Gasteiger partial charge on any atom is 0.218 e. The van der Waals surface area contributed by atoms with Gasteiger partial charge in [0, 0.05) is 26.1 Å². The standard InChI is InChI=1S/C12H21N3O2/c1-4-6-10-14-11(13-7-8-16-3)9-12(15-10)17-5-2/h9H,4-8H2,1-3H3,(H,13,14,15). The van der Waals surface area contributed by atoms with Crippen molar-refractivity contribution in [2.24, 2.45) is 0 Å². The van der Waals surface area contributed by atoms with Crippen LogP contribution in [-0.4, -0.2) is 36.8 Å². The molecule has 0 spiro atoms. The van der Waals surface area contributed by atoms with Gasteiger partial charge in [0.05, 0.1) is 13.2 Å². The lowest BCUT2D eigenvalue weighted by Crippen LogP contribution is -2.11. The van der Waals surface area contributed by atoms with Crippen molar-refractivity contribution >= 4 is 5.82 Å². The average molecular weight is 239 g/mol. The van der Waals surface area contributed by atoms with Crippen LogP contribution in [0, 0.1) is 0 Å². The van der Waals surface area contributed by atoms with Gasteiger partial charge in [-0.1, -0.05) is 6.92 Å². The van der Waals surface area contributed by atoms with Crippen LogP contribution in [-0.2, 0) is 11.2 Å². The zero-order valence-electron chi connectivity index (χ0n) is 10.8. The Bertz CT molecular complexity index is 307. The summed E-state index contributed by atoms with van der Waals surface area (Å²) in [5.74, 6) is 2.24. The molecule has 17 heavy (non-hydrogen) atoms. The fourth-order valence-electron chi connectivity index (χ4n) is 1.40. The van der Waals surface area contributed by atoms with Gasteiger partial charge in [0.25, 0.3) is 0 Å². The van der Waals surface area contributed by atoms with Gasteiger partial charge >= 0.3 is 0 Å². The highest BCUT2D eigenvalue weighted by atomic mass is 16.5. The van der Waals surface area contributed by atoms with E-state index in [2.05, 4.69) is 22.2 Å². The highest BCUT2D eigenvalue weighted by molar-refractivity contribution is 5.38. The number of aromatic nitrogens is 2. The number of hydrogen-bond donors (Lipinski definition) is 1. The zero-order valence-corrected chi connectivity index (χ0v) is 10.8. The number of anilines is 1. The summed E-state index contributed by atoms with van der Waals surface area (Å²) in [5.41, 5.74) is 0. The fourth-order valence-corrected chi connectivity index (χ4v) is 1.40. The molecule has 0 amide bonds. The molecule has 0 saturated heterocycles. The topological polar surface area (TPSA) is 56.3 Å². The normalized spacial score (nSPS) is 10.3. The highest BCUT2D eigenvalue weighted by Crippen LogP contribution is 2.14. The molecule has 1 rings (SSSR count). The highest BCUT2D eigenvalue weighted by Gasteiger charge is 2.04. The first kappa shape index (κ1) is 13.7. The van der Waals surface area contributed by atoms with Crippen LogP contribution in [0.3, 0.4) is 0 Å². The van der Waals surface area contributed by atoms with E-state index in [0.29, 0.717) is 19.1 Å². The van der Waals surface area contributed by atoms with Crippen molar-refractivity contribution in [2.45, 2.75) is 26.7 Å². The number of aryl methyl sites for hydroxylation is 1. The SMILES string of the molecule is CCCc1nc(NCCOC)cc(OCC)n1. The molecule has 0 saturated carbocycles. The number of ether oxygens (including phenoxy) is 2. The molecule has 1 N–H and O–H groups in total. The molecule has 0 bridgehead atoms. The molecule has 1 heterocycles. The molecule has 0 unspecified atom stereocenters. The summed E-state index contributed by atoms with van der Waals surface area (Å²) < 4.78 is 10.4. The Morgan fingerprint density at radius 3 is 2.76 bits per heavy atom. The third-order valence-electron chi connectivity index (χ3n) is 2.13. The summed E-state index contributed by atoms with van der Waals surface area (Å²) in [6, 6.07) is 1.82. The summed E-state index contributed by atoms with van der Waals surface area (Å²) in [5, 5.41) is 3.19. The number of rotatable bonds is 8. The van der Waals surface area contributed by atoms with Crippen molar-refractivity contribution in [3.8, 4) is 5.88 Å². The molecule has 1 aromatic rings. The van der Waals surface area contributed by atoms with Crippen molar-refractivity contribution in [3.05, 3.63) is 11.9 Å². The molecule has 5 nitrogen and oxygen atoms in total. The van der Waals surface area contributed by atoms with Crippen LogP contribution in [0.1, 0.15) is 26.1 Å². The van der Waals surface area contributed by atoms with E-state index in [0.717, 1.165) is 31.0 Å². The van der Waals surface area contributed by atoms with Gasteiger partial charge in [0.1, 0.15) is 11.6 Å². The number of nitrogens with one attached hydrogen (secondary N) is 1. The predicted molar refractivity (Wildman–Crippen MR) is 67.6 cm³/mol. The van der Waals surface area contributed by atoms with Crippen LogP contribution in [0.2, 0.25) is 0 Å². The lowest BCUT2D eigenvalue weighted by molar-refractivity contribution is 0.210. The lowest BCUT2D eigenvalue weighted by atomic mass is 10.3. The lowest BCUT2D eigenvalue weighted by Gasteiger charge is -2.09. The van der Waals surface area contributed by atoms with Crippen molar-refractivity contribution in [1.29, 1.82) is 0 Å². The minimum atomic E-state index is 0.611. The summed E-state index contributed by atoms with van der Waals surface area (Å²) in [6.45, 7) is 6.04. The minimum Gasteiger partial charge on any atom is -0.478 e. The molecular formula is C12H21N3O2. The molecule has 5 heteroatoms. The molecular weight excluding hydrogens is 218 g/mol. The van der Waals surface area contributed by atoms with Crippen LogP contribution >= 0.6 is 0 Å². The quantitative estimate of drug-likeness (QED) is 0.702. The average Bonchev–Trinajstić information content (AvgIpc) is 2.30. The second kappa shape index (κ2) is 7.84. The first-order chi connectivity index (χ1) is 8.30. The van der Waals surface area contributed by atoms with Crippen LogP contribution in [0.15, 0.2) is 6.07 Å². The first-order valence-electron chi connectivity index (χ1n) is 6.03. The van der Waals surface area contributed by atoms with Gasteiger partial charge in [0.15, 0.2) is 0 Å². The Morgan fingerprint density at radius 1 is 1.29 bits per heavy atom. The van der Waals surface area contributed by atoms with Gasteiger partial charge in [-0.3, -0.25) is 0 Å². The van der Waals surface area contributed by atoms with Gasteiger partial charge < -0.3 is 14.8 Å². The number of methoxy groups -OCH3 is 1. The molecule has 1 aromatic heterocycles. The molecule has 0 aliphatic rings. The van der Waals surface area contributed by atoms with E-state index in [4.69, 9.17) is 9.47 Å². The van der Waals surface area contributed by atoms with Crippen molar-refractivity contribution < 1.29 is 9.47 Å². The molecule has 0 aliphatic heterocycles. The van der Waals surface area contributed by atoms with Gasteiger partial charge in [-0.05, 0) is 13.3 Å². The van der Waals surface area contributed by atoms with Crippen LogP contribution in [0.25, 0.3) is 0 Å². The van der Waals surface area contributed by atoms with Crippen molar-refractivity contribution in [3.63, 3.8) is 0 Å². The second-order valence-corrected chi connectivity index (χ2v) is 3.61. The Kier molecular flexibility index (Phi) is 6.32. The summed E-state index contributed by atoms with van der Waals surface area (Å²) in [7, 11) is 1.68. The van der Waals surface area contributed by atoms with Crippen LogP contribution in [0.5, 0.6) is 5.88 Å². The van der Waals surface area contributed by atoms with Crippen molar-refractivity contribution in [1.82, 2.24) is 9.97 Å². The minimum absolute atomic E-state index is 0.611. The Balaban J connectivity index is 2.72. The molecule has 0 fully saturated rings. The maximum absolute atomic E-state index is 5.42. The molecule has 96 valence electrons. The summed E-state index contributed by atoms with van der Waals surface area (Å²) in [4.78, 5) is 8.76. The third kappa shape index (κ3) is 4.99. The fraction of sp³-hybridized carbons (Fsp3) is 0.667. The number of hydrogen-bond acceptors (Lipinski definition) is 5. The predicted octanol–water partition coefficient (Wildman–Crippen LogP) is 1.89. The molecule has 0 aliphatic carbocycles. The second-order valence-electron chi connectivity index (χ2n) is 3.61. The van der Waals surface area contributed by atoms with Gasteiger partial charge in [-0.25, -0.2) is 4.98 Å².